The number of hydrogen-bond donors (Lipinski definition) is 1. The molecule has 1 aromatic rings. The lowest BCUT2D eigenvalue weighted by Gasteiger charge is -2.26. The maximum atomic E-state index is 12.4. The second-order valence-corrected chi connectivity index (χ2v) is 2.69. The zero-order valence-electron chi connectivity index (χ0n) is 6.93. The normalized spacial score (nSPS) is 17.0. The molecule has 1 unspecified atom stereocenters. The third-order valence-corrected chi connectivity index (χ3v) is 1.91. The van der Waals surface area contributed by atoms with E-state index in [1.165, 1.54) is 13.0 Å². The molecular weight excluding hydrogens is 185 g/mol. The van der Waals surface area contributed by atoms with Crippen LogP contribution in [0.15, 0.2) is 22.8 Å². The molecule has 2 nitrogen and oxygen atoms in total. The van der Waals surface area contributed by atoms with Gasteiger partial charge in [-0.05, 0) is 18.6 Å². The summed E-state index contributed by atoms with van der Waals surface area (Å²) in [6.07, 6.45) is -4.08. The van der Waals surface area contributed by atoms with Gasteiger partial charge in [0.2, 0.25) is 5.60 Å². The van der Waals surface area contributed by atoms with E-state index in [2.05, 4.69) is 4.42 Å². The molecule has 5 heteroatoms. The van der Waals surface area contributed by atoms with E-state index in [0.29, 0.717) is 0 Å². The number of rotatable bonds is 2. The Bertz CT molecular complexity index is 265. The molecule has 1 N–H and O–H groups in total. The molecule has 0 bridgehead atoms. The van der Waals surface area contributed by atoms with Gasteiger partial charge in [-0.15, -0.1) is 0 Å². The number of halogens is 3. The molecule has 0 amide bonds. The number of furan rings is 1. The van der Waals surface area contributed by atoms with Crippen molar-refractivity contribution in [1.29, 1.82) is 0 Å². The Hall–Kier alpha value is -0.970. The van der Waals surface area contributed by atoms with Crippen LogP contribution < -0.4 is 0 Å². The topological polar surface area (TPSA) is 33.4 Å². The van der Waals surface area contributed by atoms with E-state index in [1.54, 1.807) is 0 Å². The average Bonchev–Trinajstić information content (AvgIpc) is 2.52. The minimum atomic E-state index is -4.71. The Balaban J connectivity index is 3.09. The van der Waals surface area contributed by atoms with Crippen LogP contribution in [0.2, 0.25) is 0 Å². The van der Waals surface area contributed by atoms with E-state index in [4.69, 9.17) is 0 Å². The van der Waals surface area contributed by atoms with Crippen LogP contribution in [-0.4, -0.2) is 11.3 Å². The zero-order chi connectivity index (χ0) is 10.1. The first-order valence-electron chi connectivity index (χ1n) is 3.75. The largest absolute Gasteiger partial charge is 0.466 e. The van der Waals surface area contributed by atoms with E-state index in [-0.39, 0.29) is 0 Å². The molecule has 0 spiro atoms. The first-order valence-corrected chi connectivity index (χ1v) is 3.75. The SMILES string of the molecule is CCC(O)(c1ccco1)C(F)(F)F. The second kappa shape index (κ2) is 3.06. The number of aliphatic hydroxyl groups is 1. The van der Waals surface area contributed by atoms with Gasteiger partial charge in [-0.3, -0.25) is 0 Å². The third kappa shape index (κ3) is 1.56. The van der Waals surface area contributed by atoms with Gasteiger partial charge in [0.25, 0.3) is 0 Å². The van der Waals surface area contributed by atoms with E-state index in [1.807, 2.05) is 0 Å². The van der Waals surface area contributed by atoms with Crippen LogP contribution in [0.3, 0.4) is 0 Å². The summed E-state index contributed by atoms with van der Waals surface area (Å²) in [5.74, 6) is -0.470. The Labute approximate surface area is 73.0 Å². The van der Waals surface area contributed by atoms with Gasteiger partial charge in [0.15, 0.2) is 0 Å². The van der Waals surface area contributed by atoms with Crippen LogP contribution in [0.4, 0.5) is 13.2 Å². The summed E-state index contributed by atoms with van der Waals surface area (Å²) in [7, 11) is 0. The smallest absolute Gasteiger partial charge is 0.424 e. The van der Waals surface area contributed by atoms with Gasteiger partial charge >= 0.3 is 6.18 Å². The molecule has 1 aromatic heterocycles. The van der Waals surface area contributed by atoms with Crippen molar-refractivity contribution in [3.63, 3.8) is 0 Å². The van der Waals surface area contributed by atoms with E-state index < -0.39 is 24.0 Å². The quantitative estimate of drug-likeness (QED) is 0.784. The molecule has 13 heavy (non-hydrogen) atoms. The van der Waals surface area contributed by atoms with Crippen molar-refractivity contribution in [3.05, 3.63) is 24.2 Å². The van der Waals surface area contributed by atoms with Gasteiger partial charge in [0.1, 0.15) is 5.76 Å². The van der Waals surface area contributed by atoms with Gasteiger partial charge in [-0.2, -0.15) is 13.2 Å². The number of hydrogen-bond acceptors (Lipinski definition) is 2. The monoisotopic (exact) mass is 194 g/mol. The molecule has 74 valence electrons. The van der Waals surface area contributed by atoms with Crippen LogP contribution >= 0.6 is 0 Å². The van der Waals surface area contributed by atoms with Gasteiger partial charge in [0.05, 0.1) is 6.26 Å². The van der Waals surface area contributed by atoms with Crippen molar-refractivity contribution in [2.75, 3.05) is 0 Å². The standard InChI is InChI=1S/C8H9F3O2/c1-2-7(12,8(9,10)11)6-4-3-5-13-6/h3-5,12H,2H2,1H3. The highest BCUT2D eigenvalue weighted by Crippen LogP contribution is 2.41. The maximum absolute atomic E-state index is 12.4. The number of alkyl halides is 3. The fraction of sp³-hybridized carbons (Fsp3) is 0.500. The fourth-order valence-electron chi connectivity index (χ4n) is 1.03. The van der Waals surface area contributed by atoms with Crippen molar-refractivity contribution in [2.24, 2.45) is 0 Å². The summed E-state index contributed by atoms with van der Waals surface area (Å²) in [5.41, 5.74) is -2.86. The lowest BCUT2D eigenvalue weighted by molar-refractivity contribution is -0.273. The zero-order valence-corrected chi connectivity index (χ0v) is 6.93. The predicted molar refractivity (Wildman–Crippen MR) is 39.0 cm³/mol. The molecule has 0 radical (unpaired) electrons. The van der Waals surface area contributed by atoms with Gasteiger partial charge in [-0.25, -0.2) is 0 Å². The van der Waals surface area contributed by atoms with E-state index in [0.717, 1.165) is 12.3 Å². The first-order chi connectivity index (χ1) is 5.92. The maximum Gasteiger partial charge on any atom is 0.424 e. The highest BCUT2D eigenvalue weighted by Gasteiger charge is 2.55. The molecule has 1 atom stereocenters. The fourth-order valence-corrected chi connectivity index (χ4v) is 1.03. The van der Waals surface area contributed by atoms with Crippen molar-refractivity contribution in [2.45, 2.75) is 25.1 Å². The van der Waals surface area contributed by atoms with E-state index in [9.17, 15) is 18.3 Å². The highest BCUT2D eigenvalue weighted by molar-refractivity contribution is 5.11. The van der Waals surface area contributed by atoms with Crippen LogP contribution in [0.5, 0.6) is 0 Å². The lowest BCUT2D eigenvalue weighted by Crippen LogP contribution is -2.41. The summed E-state index contributed by atoms with van der Waals surface area (Å²) in [6.45, 7) is 1.25. The molecular formula is C8H9F3O2. The van der Waals surface area contributed by atoms with Crippen LogP contribution in [0, 0.1) is 0 Å². The molecule has 0 aliphatic heterocycles. The van der Waals surface area contributed by atoms with Crippen LogP contribution in [-0.2, 0) is 5.60 Å². The molecule has 1 rings (SSSR count). The minimum Gasteiger partial charge on any atom is -0.466 e. The van der Waals surface area contributed by atoms with Gasteiger partial charge in [-0.1, -0.05) is 6.92 Å². The Morgan fingerprint density at radius 3 is 2.38 bits per heavy atom. The first kappa shape index (κ1) is 10.1. The van der Waals surface area contributed by atoms with Crippen molar-refractivity contribution < 1.29 is 22.7 Å². The van der Waals surface area contributed by atoms with Gasteiger partial charge in [0, 0.05) is 0 Å². The van der Waals surface area contributed by atoms with Crippen LogP contribution in [0.25, 0.3) is 0 Å². The third-order valence-electron chi connectivity index (χ3n) is 1.91. The van der Waals surface area contributed by atoms with Gasteiger partial charge < -0.3 is 9.52 Å². The highest BCUT2D eigenvalue weighted by atomic mass is 19.4. The molecule has 0 aromatic carbocycles. The Morgan fingerprint density at radius 2 is 2.08 bits per heavy atom. The Kier molecular flexibility index (Phi) is 2.38. The predicted octanol–water partition coefficient (Wildman–Crippen LogP) is 2.44. The van der Waals surface area contributed by atoms with E-state index >= 15 is 0 Å². The minimum absolute atomic E-state index is 0.468. The van der Waals surface area contributed by atoms with Crippen molar-refractivity contribution in [3.8, 4) is 0 Å². The molecule has 0 fully saturated rings. The van der Waals surface area contributed by atoms with Crippen molar-refractivity contribution >= 4 is 0 Å². The summed E-state index contributed by atoms with van der Waals surface area (Å²) < 4.78 is 41.6. The molecule has 0 aliphatic rings. The second-order valence-electron chi connectivity index (χ2n) is 2.69. The summed E-state index contributed by atoms with van der Waals surface area (Å²) in [5, 5.41) is 9.30. The molecule has 0 saturated heterocycles. The summed E-state index contributed by atoms with van der Waals surface area (Å²) in [6, 6.07) is 2.42. The molecule has 0 aliphatic carbocycles. The lowest BCUT2D eigenvalue weighted by atomic mass is 9.97. The molecule has 0 saturated carbocycles. The van der Waals surface area contributed by atoms with Crippen molar-refractivity contribution in [1.82, 2.24) is 0 Å². The molecule has 1 heterocycles. The van der Waals surface area contributed by atoms with Crippen LogP contribution in [0.1, 0.15) is 19.1 Å². The summed E-state index contributed by atoms with van der Waals surface area (Å²) in [4.78, 5) is 0. The average molecular weight is 194 g/mol. The summed E-state index contributed by atoms with van der Waals surface area (Å²) >= 11 is 0. The Morgan fingerprint density at radius 1 is 1.46 bits per heavy atom.